The van der Waals surface area contributed by atoms with Crippen molar-refractivity contribution in [3.8, 4) is 11.8 Å². The zero-order valence-electron chi connectivity index (χ0n) is 19.7. The highest BCUT2D eigenvalue weighted by Crippen LogP contribution is 2.34. The van der Waals surface area contributed by atoms with Gasteiger partial charge in [-0.2, -0.15) is 5.26 Å². The molecule has 9 nitrogen and oxygen atoms in total. The van der Waals surface area contributed by atoms with Gasteiger partial charge >= 0.3 is 0 Å². The SMILES string of the molecule is COc1cccc2[nH]c(C(=O)N[C@@H](CC3CC3)C(=O)N[C@H](C#N)C[C@@H]3CC(C)(C)NC3=O)cc12. The maximum absolute atomic E-state index is 13.1. The van der Waals surface area contributed by atoms with Gasteiger partial charge in [-0.1, -0.05) is 18.9 Å². The molecule has 34 heavy (non-hydrogen) atoms. The van der Waals surface area contributed by atoms with E-state index in [-0.39, 0.29) is 23.8 Å². The number of carbonyl (C=O) groups is 3. The lowest BCUT2D eigenvalue weighted by atomic mass is 9.92. The largest absolute Gasteiger partial charge is 0.496 e. The van der Waals surface area contributed by atoms with Gasteiger partial charge < -0.3 is 25.7 Å². The molecule has 0 unspecified atom stereocenters. The van der Waals surface area contributed by atoms with Gasteiger partial charge in [-0.3, -0.25) is 14.4 Å². The number of benzene rings is 1. The lowest BCUT2D eigenvalue weighted by molar-refractivity contribution is -0.125. The summed E-state index contributed by atoms with van der Waals surface area (Å²) in [6.07, 6.45) is 3.39. The normalized spacial score (nSPS) is 20.8. The van der Waals surface area contributed by atoms with E-state index in [9.17, 15) is 19.6 Å². The number of methoxy groups -OCH3 is 1. The minimum absolute atomic E-state index is 0.100. The highest BCUT2D eigenvalue weighted by atomic mass is 16.5. The molecule has 2 fully saturated rings. The summed E-state index contributed by atoms with van der Waals surface area (Å²) in [6.45, 7) is 3.87. The maximum atomic E-state index is 13.1. The second-order valence-corrected chi connectivity index (χ2v) is 10.0. The number of rotatable bonds is 9. The predicted molar refractivity (Wildman–Crippen MR) is 126 cm³/mol. The van der Waals surface area contributed by atoms with Crippen molar-refractivity contribution in [1.29, 1.82) is 5.26 Å². The van der Waals surface area contributed by atoms with Gasteiger partial charge in [0.25, 0.3) is 5.91 Å². The summed E-state index contributed by atoms with van der Waals surface area (Å²) >= 11 is 0. The fourth-order valence-electron chi connectivity index (χ4n) is 4.67. The Labute approximate surface area is 198 Å². The van der Waals surface area contributed by atoms with Gasteiger partial charge in [0.2, 0.25) is 11.8 Å². The topological polar surface area (TPSA) is 136 Å². The second kappa shape index (κ2) is 9.37. The van der Waals surface area contributed by atoms with Crippen LogP contribution in [0, 0.1) is 23.2 Å². The van der Waals surface area contributed by atoms with Crippen molar-refractivity contribution in [3.05, 3.63) is 30.0 Å². The van der Waals surface area contributed by atoms with Crippen LogP contribution in [0.4, 0.5) is 0 Å². The van der Waals surface area contributed by atoms with Crippen LogP contribution in [0.3, 0.4) is 0 Å². The third-order valence-corrected chi connectivity index (χ3v) is 6.56. The van der Waals surface area contributed by atoms with E-state index in [2.05, 4.69) is 27.0 Å². The number of aromatic amines is 1. The Kier molecular flexibility index (Phi) is 6.51. The average molecular weight is 466 g/mol. The highest BCUT2D eigenvalue weighted by molar-refractivity contribution is 6.01. The van der Waals surface area contributed by atoms with Crippen LogP contribution in [0.1, 0.15) is 56.4 Å². The molecule has 3 atom stereocenters. The molecule has 0 spiro atoms. The van der Waals surface area contributed by atoms with E-state index in [0.29, 0.717) is 30.2 Å². The fraction of sp³-hybridized carbons (Fsp3) is 0.520. The van der Waals surface area contributed by atoms with Crippen LogP contribution in [0.2, 0.25) is 0 Å². The number of amides is 3. The second-order valence-electron chi connectivity index (χ2n) is 10.0. The molecule has 2 aliphatic rings. The van der Waals surface area contributed by atoms with Crippen LogP contribution >= 0.6 is 0 Å². The Bertz CT molecular complexity index is 1140. The van der Waals surface area contributed by atoms with Gasteiger partial charge in [0.05, 0.1) is 13.2 Å². The molecule has 1 aromatic carbocycles. The molecule has 3 amide bonds. The number of hydrogen-bond acceptors (Lipinski definition) is 5. The molecule has 4 rings (SSSR count). The molecule has 1 saturated heterocycles. The number of nitrogens with zero attached hydrogens (tertiary/aromatic N) is 1. The number of hydrogen-bond donors (Lipinski definition) is 4. The van der Waals surface area contributed by atoms with Crippen LogP contribution in [0.15, 0.2) is 24.3 Å². The van der Waals surface area contributed by atoms with E-state index < -0.39 is 23.9 Å². The van der Waals surface area contributed by atoms with Crippen molar-refractivity contribution in [2.75, 3.05) is 7.11 Å². The highest BCUT2D eigenvalue weighted by Gasteiger charge is 2.39. The fourth-order valence-corrected chi connectivity index (χ4v) is 4.67. The van der Waals surface area contributed by atoms with Crippen LogP contribution in [-0.4, -0.2) is 47.4 Å². The Morgan fingerprint density at radius 3 is 2.65 bits per heavy atom. The Hall–Kier alpha value is -3.54. The van der Waals surface area contributed by atoms with Crippen LogP contribution in [-0.2, 0) is 9.59 Å². The van der Waals surface area contributed by atoms with Gasteiger partial charge in [0, 0.05) is 22.4 Å². The first-order valence-corrected chi connectivity index (χ1v) is 11.7. The van der Waals surface area contributed by atoms with E-state index >= 15 is 0 Å². The summed E-state index contributed by atoms with van der Waals surface area (Å²) in [4.78, 5) is 41.4. The molecular weight excluding hydrogens is 434 g/mol. The first kappa shape index (κ1) is 23.6. The van der Waals surface area contributed by atoms with E-state index in [0.717, 1.165) is 23.7 Å². The number of ether oxygens (including phenoxy) is 1. The monoisotopic (exact) mass is 465 g/mol. The molecule has 1 aromatic heterocycles. The van der Waals surface area contributed by atoms with Crippen LogP contribution in [0.5, 0.6) is 5.75 Å². The molecule has 1 aliphatic carbocycles. The van der Waals surface area contributed by atoms with Crippen molar-refractivity contribution < 1.29 is 19.1 Å². The minimum atomic E-state index is -0.812. The summed E-state index contributed by atoms with van der Waals surface area (Å²) in [5.74, 6) is -0.214. The molecule has 0 radical (unpaired) electrons. The number of H-pyrrole nitrogens is 1. The Morgan fingerprint density at radius 1 is 1.26 bits per heavy atom. The van der Waals surface area contributed by atoms with Gasteiger partial charge in [-0.15, -0.1) is 0 Å². The van der Waals surface area contributed by atoms with E-state index in [1.165, 1.54) is 0 Å². The first-order chi connectivity index (χ1) is 16.2. The van der Waals surface area contributed by atoms with E-state index in [1.54, 1.807) is 13.2 Å². The molecule has 9 heteroatoms. The third-order valence-electron chi connectivity index (χ3n) is 6.56. The third kappa shape index (κ3) is 5.33. The lowest BCUT2D eigenvalue weighted by Gasteiger charge is -2.21. The van der Waals surface area contributed by atoms with Gasteiger partial charge in [-0.25, -0.2) is 0 Å². The number of carbonyl (C=O) groups excluding carboxylic acids is 3. The molecule has 2 heterocycles. The van der Waals surface area contributed by atoms with Crippen molar-refractivity contribution >= 4 is 28.6 Å². The molecule has 1 aliphatic heterocycles. The number of fused-ring (bicyclic) bond motifs is 1. The smallest absolute Gasteiger partial charge is 0.268 e. The molecule has 0 bridgehead atoms. The summed E-state index contributed by atoms with van der Waals surface area (Å²) in [7, 11) is 1.57. The summed E-state index contributed by atoms with van der Waals surface area (Å²) in [5, 5.41) is 18.9. The minimum Gasteiger partial charge on any atom is -0.496 e. The zero-order chi connectivity index (χ0) is 24.5. The quantitative estimate of drug-likeness (QED) is 0.451. The molecule has 180 valence electrons. The lowest BCUT2D eigenvalue weighted by Crippen LogP contribution is -2.50. The van der Waals surface area contributed by atoms with Crippen molar-refractivity contribution in [2.24, 2.45) is 11.8 Å². The average Bonchev–Trinajstić information content (AvgIpc) is 3.42. The Morgan fingerprint density at radius 2 is 2.03 bits per heavy atom. The van der Waals surface area contributed by atoms with E-state index in [4.69, 9.17) is 4.74 Å². The zero-order valence-corrected chi connectivity index (χ0v) is 19.7. The number of aromatic nitrogens is 1. The van der Waals surface area contributed by atoms with Crippen LogP contribution < -0.4 is 20.7 Å². The van der Waals surface area contributed by atoms with Gasteiger partial charge in [0.15, 0.2) is 0 Å². The molecular formula is C25H31N5O4. The first-order valence-electron chi connectivity index (χ1n) is 11.7. The summed E-state index contributed by atoms with van der Waals surface area (Å²) < 4.78 is 5.36. The summed E-state index contributed by atoms with van der Waals surface area (Å²) in [6, 6.07) is 7.72. The molecule has 1 saturated carbocycles. The predicted octanol–water partition coefficient (Wildman–Crippen LogP) is 2.39. The van der Waals surface area contributed by atoms with Crippen LogP contribution in [0.25, 0.3) is 10.9 Å². The van der Waals surface area contributed by atoms with E-state index in [1.807, 2.05) is 32.0 Å². The molecule has 2 aromatic rings. The summed E-state index contributed by atoms with van der Waals surface area (Å²) in [5.41, 5.74) is 0.765. The molecule has 4 N–H and O–H groups in total. The number of nitrogens with one attached hydrogen (secondary N) is 4. The Balaban J connectivity index is 1.44. The standard InChI is InChI=1S/C25H31N5O4/c1-25(2)12-15(22(31)30-25)10-16(13-26)27-23(32)19(9-14-7-8-14)29-24(33)20-11-17-18(28-20)5-4-6-21(17)34-3/h4-6,11,14-16,19,28H,7-10,12H2,1-3H3,(H,27,32)(H,29,33)(H,30,31)/t15-,16+,19+/m1/s1. The van der Waals surface area contributed by atoms with Crippen molar-refractivity contribution in [3.63, 3.8) is 0 Å². The van der Waals surface area contributed by atoms with Crippen molar-refractivity contribution in [1.82, 2.24) is 20.9 Å². The van der Waals surface area contributed by atoms with Gasteiger partial charge in [0.1, 0.15) is 23.5 Å². The van der Waals surface area contributed by atoms with Gasteiger partial charge in [-0.05, 0) is 57.2 Å². The van der Waals surface area contributed by atoms with Crippen molar-refractivity contribution in [2.45, 2.75) is 63.6 Å². The number of nitriles is 1. The maximum Gasteiger partial charge on any atom is 0.268 e.